The molecule has 11 nitrogen and oxygen atoms in total. The van der Waals surface area contributed by atoms with Crippen LogP contribution in [0.2, 0.25) is 0 Å². The number of amides is 3. The molecule has 2 rings (SSSR count). The first kappa shape index (κ1) is 28.2. The molecule has 0 saturated carbocycles. The van der Waals surface area contributed by atoms with E-state index in [1.165, 1.54) is 4.90 Å². The van der Waals surface area contributed by atoms with Crippen LogP contribution in [-0.2, 0) is 35.1 Å². The van der Waals surface area contributed by atoms with Crippen molar-refractivity contribution in [2.24, 2.45) is 0 Å². The Hall–Kier alpha value is -4.07. The predicted octanol–water partition coefficient (Wildman–Crippen LogP) is 0.791. The number of carbonyl (C=O) groups excluding carboxylic acids is 4. The Kier molecular flexibility index (Phi) is 9.44. The summed E-state index contributed by atoms with van der Waals surface area (Å²) >= 11 is 0. The molecule has 0 aliphatic carbocycles. The number of carbonyl (C=O) groups is 5. The minimum atomic E-state index is -1.29. The molecule has 1 aromatic rings. The number of nitrogens with one attached hydrogen (secondary N) is 1. The number of esters is 1. The van der Waals surface area contributed by atoms with Gasteiger partial charge in [0.1, 0.15) is 24.2 Å². The number of alkyl carbamates (subject to hydrolysis) is 1. The molecule has 1 aliphatic rings. The highest BCUT2D eigenvalue weighted by Crippen LogP contribution is 2.19. The molecule has 0 radical (unpaired) electrons. The van der Waals surface area contributed by atoms with Crippen LogP contribution < -0.4 is 5.32 Å². The van der Waals surface area contributed by atoms with E-state index in [0.717, 1.165) is 12.0 Å². The first-order valence-corrected chi connectivity index (χ1v) is 11.3. The molecular weight excluding hydrogens is 470 g/mol. The molecule has 0 aromatic heterocycles. The van der Waals surface area contributed by atoms with Crippen molar-refractivity contribution >= 4 is 29.8 Å². The summed E-state index contributed by atoms with van der Waals surface area (Å²) in [6.45, 7) is 4.37. The van der Waals surface area contributed by atoms with Gasteiger partial charge in [-0.1, -0.05) is 18.1 Å². The molecule has 2 atom stereocenters. The van der Waals surface area contributed by atoms with Crippen molar-refractivity contribution in [2.75, 3.05) is 26.7 Å². The molecule has 1 heterocycles. The zero-order valence-electron chi connectivity index (χ0n) is 20.8. The van der Waals surface area contributed by atoms with Crippen LogP contribution in [0.15, 0.2) is 24.3 Å². The molecule has 2 N–H and O–H groups in total. The van der Waals surface area contributed by atoms with Gasteiger partial charge in [-0.15, -0.1) is 6.42 Å². The lowest BCUT2D eigenvalue weighted by atomic mass is 10.0. The summed E-state index contributed by atoms with van der Waals surface area (Å²) in [6, 6.07) is 4.39. The third-order valence-electron chi connectivity index (χ3n) is 5.33. The minimum Gasteiger partial charge on any atom is -0.480 e. The molecule has 1 aromatic carbocycles. The van der Waals surface area contributed by atoms with Crippen LogP contribution in [0.3, 0.4) is 0 Å². The summed E-state index contributed by atoms with van der Waals surface area (Å²) in [7, 11) is 1.14. The quantitative estimate of drug-likeness (QED) is 0.393. The highest BCUT2D eigenvalue weighted by Gasteiger charge is 2.42. The van der Waals surface area contributed by atoms with Gasteiger partial charge >= 0.3 is 18.0 Å². The Labute approximate surface area is 209 Å². The van der Waals surface area contributed by atoms with Crippen molar-refractivity contribution in [1.29, 1.82) is 0 Å². The van der Waals surface area contributed by atoms with Crippen molar-refractivity contribution in [3.05, 3.63) is 35.4 Å². The van der Waals surface area contributed by atoms with Crippen molar-refractivity contribution in [1.82, 2.24) is 15.1 Å². The Bertz CT molecular complexity index is 1040. The van der Waals surface area contributed by atoms with Crippen LogP contribution in [0.1, 0.15) is 38.3 Å². The summed E-state index contributed by atoms with van der Waals surface area (Å²) in [5.41, 5.74) is 0.501. The van der Waals surface area contributed by atoms with E-state index in [1.54, 1.807) is 45.0 Å². The fraction of sp³-hybridized carbons (Fsp3) is 0.480. The number of ether oxygens (including phenoxy) is 2. The normalized spacial score (nSPS) is 16.5. The maximum Gasteiger partial charge on any atom is 0.408 e. The van der Waals surface area contributed by atoms with Crippen LogP contribution >= 0.6 is 0 Å². The van der Waals surface area contributed by atoms with E-state index in [-0.39, 0.29) is 19.5 Å². The van der Waals surface area contributed by atoms with Gasteiger partial charge in [-0.3, -0.25) is 19.2 Å². The third-order valence-corrected chi connectivity index (χ3v) is 5.33. The second-order valence-corrected chi connectivity index (χ2v) is 9.23. The van der Waals surface area contributed by atoms with Gasteiger partial charge in [0.05, 0.1) is 13.5 Å². The van der Waals surface area contributed by atoms with Crippen LogP contribution in [0, 0.1) is 12.3 Å². The lowest BCUT2D eigenvalue weighted by Crippen LogP contribution is -2.63. The molecule has 3 amide bonds. The highest BCUT2D eigenvalue weighted by atomic mass is 16.6. The van der Waals surface area contributed by atoms with E-state index in [0.29, 0.717) is 11.1 Å². The number of aliphatic carboxylic acids is 1. The summed E-state index contributed by atoms with van der Waals surface area (Å²) in [5, 5.41) is 11.7. The Morgan fingerprint density at radius 1 is 1.19 bits per heavy atom. The maximum absolute atomic E-state index is 13.7. The molecule has 0 unspecified atom stereocenters. The van der Waals surface area contributed by atoms with Gasteiger partial charge < -0.3 is 29.7 Å². The molecule has 1 aliphatic heterocycles. The fourth-order valence-corrected chi connectivity index (χ4v) is 3.68. The van der Waals surface area contributed by atoms with E-state index in [9.17, 15) is 24.0 Å². The first-order chi connectivity index (χ1) is 16.8. The van der Waals surface area contributed by atoms with Gasteiger partial charge in [0.25, 0.3) is 0 Å². The molecule has 1 saturated heterocycles. The highest BCUT2D eigenvalue weighted by molar-refractivity contribution is 5.95. The monoisotopic (exact) mass is 501 g/mol. The van der Waals surface area contributed by atoms with E-state index in [2.05, 4.69) is 16.0 Å². The predicted molar refractivity (Wildman–Crippen MR) is 128 cm³/mol. The van der Waals surface area contributed by atoms with Gasteiger partial charge in [0.2, 0.25) is 11.8 Å². The summed E-state index contributed by atoms with van der Waals surface area (Å²) in [6.07, 6.45) is 4.15. The molecule has 0 bridgehead atoms. The fourth-order valence-electron chi connectivity index (χ4n) is 3.68. The number of rotatable bonds is 8. The number of carboxylic acids is 1. The Morgan fingerprint density at radius 2 is 1.83 bits per heavy atom. The summed E-state index contributed by atoms with van der Waals surface area (Å²) in [4.78, 5) is 64.7. The number of carboxylic acid groups (broad SMARTS) is 1. The van der Waals surface area contributed by atoms with E-state index in [4.69, 9.17) is 16.3 Å². The topological polar surface area (TPSA) is 143 Å². The molecule has 1 fully saturated rings. The SMILES string of the molecule is C#Cc1ccc(C[C@H](NC(=O)OC(C)(C)C)C(=O)N2CCN(CC(=O)O)C(=O)[C@@H]2CC(=O)OC)cc1. The smallest absolute Gasteiger partial charge is 0.408 e. The van der Waals surface area contributed by atoms with Gasteiger partial charge in [-0.05, 0) is 38.5 Å². The molecule has 0 spiro atoms. The standard InChI is InChI=1S/C25H31N3O8/c1-6-16-7-9-17(10-8-16)13-18(26-24(34)36-25(2,3)4)22(32)28-12-11-27(15-20(29)30)23(33)19(28)14-21(31)35-5/h1,7-10,18-19H,11-15H2,2-5H3,(H,26,34)(H,29,30)/t18-,19-/m0/s1. The molecule has 36 heavy (non-hydrogen) atoms. The van der Waals surface area contributed by atoms with Crippen LogP contribution in [0.25, 0.3) is 0 Å². The van der Waals surface area contributed by atoms with Crippen molar-refractivity contribution in [3.63, 3.8) is 0 Å². The summed E-state index contributed by atoms with van der Waals surface area (Å²) in [5.74, 6) is -0.792. The molecule has 194 valence electrons. The number of hydrogen-bond donors (Lipinski definition) is 2. The summed E-state index contributed by atoms with van der Waals surface area (Å²) < 4.78 is 9.98. The Balaban J connectivity index is 2.36. The van der Waals surface area contributed by atoms with E-state index < -0.39 is 60.5 Å². The number of piperazine rings is 1. The number of terminal acetylenes is 1. The zero-order valence-corrected chi connectivity index (χ0v) is 20.8. The molecular formula is C25H31N3O8. The van der Waals surface area contributed by atoms with Crippen LogP contribution in [0.4, 0.5) is 4.79 Å². The number of methoxy groups -OCH3 is 1. The molecule has 11 heteroatoms. The third kappa shape index (κ3) is 8.01. The van der Waals surface area contributed by atoms with Crippen molar-refractivity contribution in [3.8, 4) is 12.3 Å². The van der Waals surface area contributed by atoms with E-state index in [1.807, 2.05) is 0 Å². The zero-order chi connectivity index (χ0) is 27.0. The second kappa shape index (κ2) is 12.1. The van der Waals surface area contributed by atoms with E-state index >= 15 is 0 Å². The number of nitrogens with zero attached hydrogens (tertiary/aromatic N) is 2. The average Bonchev–Trinajstić information content (AvgIpc) is 2.79. The first-order valence-electron chi connectivity index (χ1n) is 11.3. The number of benzene rings is 1. The maximum atomic E-state index is 13.7. The van der Waals surface area contributed by atoms with Crippen LogP contribution in [0.5, 0.6) is 0 Å². The van der Waals surface area contributed by atoms with Crippen LogP contribution in [-0.4, -0.2) is 89.2 Å². The van der Waals surface area contributed by atoms with Gasteiger partial charge in [0.15, 0.2) is 0 Å². The Morgan fingerprint density at radius 3 is 2.36 bits per heavy atom. The number of hydrogen-bond acceptors (Lipinski definition) is 7. The van der Waals surface area contributed by atoms with Crippen molar-refractivity contribution < 1.29 is 38.6 Å². The largest absolute Gasteiger partial charge is 0.480 e. The van der Waals surface area contributed by atoms with Crippen molar-refractivity contribution in [2.45, 2.75) is 51.3 Å². The lowest BCUT2D eigenvalue weighted by molar-refractivity contribution is -0.159. The lowest BCUT2D eigenvalue weighted by Gasteiger charge is -2.41. The van der Waals surface area contributed by atoms with Gasteiger partial charge in [-0.25, -0.2) is 4.79 Å². The van der Waals surface area contributed by atoms with Gasteiger partial charge in [0, 0.05) is 25.1 Å². The minimum absolute atomic E-state index is 0.0396. The second-order valence-electron chi connectivity index (χ2n) is 9.23. The average molecular weight is 502 g/mol. The van der Waals surface area contributed by atoms with Gasteiger partial charge in [-0.2, -0.15) is 0 Å².